The largest absolute Gasteiger partial charge is 0.316 e. The molecule has 1 aromatic heterocycles. The third-order valence-corrected chi connectivity index (χ3v) is 3.60. The van der Waals surface area contributed by atoms with Gasteiger partial charge < -0.3 is 10.3 Å². The summed E-state index contributed by atoms with van der Waals surface area (Å²) in [6, 6.07) is 1.50. The Bertz CT molecular complexity index is 535. The lowest BCUT2D eigenvalue weighted by Crippen LogP contribution is -2.56. The van der Waals surface area contributed by atoms with Crippen LogP contribution in [0.15, 0.2) is 17.1 Å². The van der Waals surface area contributed by atoms with Gasteiger partial charge in [-0.1, -0.05) is 0 Å². The van der Waals surface area contributed by atoms with E-state index in [9.17, 15) is 9.59 Å². The van der Waals surface area contributed by atoms with E-state index in [-0.39, 0.29) is 17.5 Å². The summed E-state index contributed by atoms with van der Waals surface area (Å²) < 4.78 is 1.70. The molecule has 1 atom stereocenters. The Morgan fingerprint density at radius 1 is 1.35 bits per heavy atom. The first-order valence-corrected chi connectivity index (χ1v) is 5.98. The van der Waals surface area contributed by atoms with Gasteiger partial charge in [0.25, 0.3) is 5.91 Å². The molecule has 3 rings (SSSR count). The third kappa shape index (κ3) is 1.45. The molecule has 0 spiro atoms. The fraction of sp³-hybridized carbons (Fsp3) is 0.500. The van der Waals surface area contributed by atoms with Crippen molar-refractivity contribution in [2.24, 2.45) is 0 Å². The first kappa shape index (κ1) is 10.4. The van der Waals surface area contributed by atoms with Gasteiger partial charge in [0.15, 0.2) is 5.43 Å². The summed E-state index contributed by atoms with van der Waals surface area (Å²) >= 11 is 0. The van der Waals surface area contributed by atoms with Crippen LogP contribution in [-0.2, 0) is 0 Å². The van der Waals surface area contributed by atoms with Crippen LogP contribution < -0.4 is 10.9 Å². The number of hydrogen-bond acceptors (Lipinski definition) is 3. The van der Waals surface area contributed by atoms with Crippen LogP contribution in [0.3, 0.4) is 0 Å². The van der Waals surface area contributed by atoms with Crippen LogP contribution in [0.2, 0.25) is 0 Å². The van der Waals surface area contributed by atoms with E-state index in [1.54, 1.807) is 17.8 Å². The SMILES string of the molecule is Cc1c2n(ccc1=O)N[C@@H]1CCCCN1C2=O. The summed E-state index contributed by atoms with van der Waals surface area (Å²) in [5.41, 5.74) is 4.20. The van der Waals surface area contributed by atoms with Gasteiger partial charge in [-0.05, 0) is 26.2 Å². The van der Waals surface area contributed by atoms with E-state index in [4.69, 9.17) is 0 Å². The minimum absolute atomic E-state index is 0.0244. The van der Waals surface area contributed by atoms with Crippen molar-refractivity contribution in [3.8, 4) is 0 Å². The topological polar surface area (TPSA) is 54.3 Å². The standard InChI is InChI=1S/C12H15N3O2/c1-8-9(16)5-7-15-11(8)12(17)14-6-3-2-4-10(14)13-15/h5,7,10,13H,2-4,6H2,1H3/t10-/m0/s1. The molecule has 1 N–H and O–H groups in total. The van der Waals surface area contributed by atoms with E-state index in [0.29, 0.717) is 11.3 Å². The Morgan fingerprint density at radius 2 is 2.18 bits per heavy atom. The predicted octanol–water partition coefficient (Wildman–Crippen LogP) is 0.666. The zero-order valence-corrected chi connectivity index (χ0v) is 9.77. The second-order valence-corrected chi connectivity index (χ2v) is 4.66. The molecular weight excluding hydrogens is 218 g/mol. The molecule has 1 fully saturated rings. The lowest BCUT2D eigenvalue weighted by molar-refractivity contribution is 0.0573. The molecule has 5 nitrogen and oxygen atoms in total. The Morgan fingerprint density at radius 3 is 3.00 bits per heavy atom. The minimum Gasteiger partial charge on any atom is -0.316 e. The highest BCUT2D eigenvalue weighted by atomic mass is 16.2. The number of piperidine rings is 1. The summed E-state index contributed by atoms with van der Waals surface area (Å²) in [6.07, 6.45) is 4.87. The van der Waals surface area contributed by atoms with Crippen molar-refractivity contribution in [2.75, 3.05) is 12.0 Å². The molecule has 0 unspecified atom stereocenters. The van der Waals surface area contributed by atoms with Crippen molar-refractivity contribution in [1.82, 2.24) is 9.58 Å². The maximum absolute atomic E-state index is 12.4. The second-order valence-electron chi connectivity index (χ2n) is 4.66. The van der Waals surface area contributed by atoms with Gasteiger partial charge in [0, 0.05) is 24.4 Å². The number of hydrogen-bond donors (Lipinski definition) is 1. The van der Waals surface area contributed by atoms with Crippen molar-refractivity contribution < 1.29 is 4.79 Å². The summed E-state index contributed by atoms with van der Waals surface area (Å²) in [5, 5.41) is 0. The number of carbonyl (C=O) groups is 1. The Labute approximate surface area is 99.0 Å². The second kappa shape index (κ2) is 3.61. The van der Waals surface area contributed by atoms with E-state index < -0.39 is 0 Å². The molecule has 0 aliphatic carbocycles. The number of aromatic nitrogens is 1. The van der Waals surface area contributed by atoms with E-state index in [1.165, 1.54) is 6.07 Å². The van der Waals surface area contributed by atoms with Crippen LogP contribution in [-0.4, -0.2) is 28.2 Å². The number of nitrogens with zero attached hydrogens (tertiary/aromatic N) is 2. The van der Waals surface area contributed by atoms with Crippen molar-refractivity contribution in [2.45, 2.75) is 32.4 Å². The average Bonchev–Trinajstić information content (AvgIpc) is 2.34. The number of rotatable bonds is 0. The van der Waals surface area contributed by atoms with Crippen LogP contribution >= 0.6 is 0 Å². The quantitative estimate of drug-likeness (QED) is 0.716. The molecule has 3 heterocycles. The minimum atomic E-state index is -0.0816. The first-order valence-electron chi connectivity index (χ1n) is 5.98. The number of fused-ring (bicyclic) bond motifs is 2. The molecule has 1 amide bonds. The summed E-state index contributed by atoms with van der Waals surface area (Å²) in [4.78, 5) is 25.8. The van der Waals surface area contributed by atoms with E-state index >= 15 is 0 Å². The Hall–Kier alpha value is -1.78. The fourth-order valence-electron chi connectivity index (χ4n) is 2.62. The van der Waals surface area contributed by atoms with Crippen molar-refractivity contribution in [1.29, 1.82) is 0 Å². The van der Waals surface area contributed by atoms with Crippen LogP contribution in [0.5, 0.6) is 0 Å². The molecule has 5 heteroatoms. The highest BCUT2D eigenvalue weighted by Crippen LogP contribution is 2.23. The maximum atomic E-state index is 12.4. The molecular formula is C12H15N3O2. The highest BCUT2D eigenvalue weighted by molar-refractivity contribution is 5.95. The maximum Gasteiger partial charge on any atom is 0.274 e. The van der Waals surface area contributed by atoms with Crippen LogP contribution in [0.1, 0.15) is 35.3 Å². The van der Waals surface area contributed by atoms with Crippen molar-refractivity contribution >= 4 is 5.91 Å². The van der Waals surface area contributed by atoms with Crippen LogP contribution in [0.4, 0.5) is 0 Å². The predicted molar refractivity (Wildman–Crippen MR) is 63.5 cm³/mol. The zero-order valence-electron chi connectivity index (χ0n) is 9.77. The zero-order chi connectivity index (χ0) is 12.0. The molecule has 90 valence electrons. The third-order valence-electron chi connectivity index (χ3n) is 3.60. The van der Waals surface area contributed by atoms with Crippen LogP contribution in [0.25, 0.3) is 0 Å². The van der Waals surface area contributed by atoms with Gasteiger partial charge in [0.2, 0.25) is 0 Å². The van der Waals surface area contributed by atoms with Gasteiger partial charge in [0.1, 0.15) is 11.9 Å². The Kier molecular flexibility index (Phi) is 2.21. The van der Waals surface area contributed by atoms with Crippen molar-refractivity contribution in [3.63, 3.8) is 0 Å². The van der Waals surface area contributed by atoms with Gasteiger partial charge in [0.05, 0.1) is 0 Å². The monoisotopic (exact) mass is 233 g/mol. The van der Waals surface area contributed by atoms with Gasteiger partial charge >= 0.3 is 0 Å². The molecule has 2 aliphatic rings. The lowest BCUT2D eigenvalue weighted by Gasteiger charge is -2.41. The van der Waals surface area contributed by atoms with Gasteiger partial charge in [-0.3, -0.25) is 14.3 Å². The summed E-state index contributed by atoms with van der Waals surface area (Å²) in [7, 11) is 0. The lowest BCUT2D eigenvalue weighted by atomic mass is 10.0. The smallest absolute Gasteiger partial charge is 0.274 e. The normalized spacial score (nSPS) is 22.8. The average molecular weight is 233 g/mol. The van der Waals surface area contributed by atoms with E-state index in [1.807, 2.05) is 4.90 Å². The molecule has 1 saturated heterocycles. The number of amides is 1. The first-order chi connectivity index (χ1) is 8.18. The molecule has 17 heavy (non-hydrogen) atoms. The molecule has 1 aromatic rings. The summed E-state index contributed by atoms with van der Waals surface area (Å²) in [5.74, 6) is -0.0244. The fourth-order valence-corrected chi connectivity index (χ4v) is 2.62. The molecule has 0 radical (unpaired) electrons. The Balaban J connectivity index is 2.13. The molecule has 0 aromatic carbocycles. The number of nitrogens with one attached hydrogen (secondary N) is 1. The molecule has 0 bridgehead atoms. The van der Waals surface area contributed by atoms with E-state index in [0.717, 1.165) is 25.8 Å². The number of pyridine rings is 1. The highest BCUT2D eigenvalue weighted by Gasteiger charge is 2.34. The van der Waals surface area contributed by atoms with Crippen LogP contribution in [0, 0.1) is 6.92 Å². The van der Waals surface area contributed by atoms with Gasteiger partial charge in [-0.2, -0.15) is 0 Å². The van der Waals surface area contributed by atoms with Gasteiger partial charge in [-0.25, -0.2) is 0 Å². The number of carbonyl (C=O) groups excluding carboxylic acids is 1. The molecule has 2 aliphatic heterocycles. The summed E-state index contributed by atoms with van der Waals surface area (Å²) in [6.45, 7) is 2.48. The van der Waals surface area contributed by atoms with Gasteiger partial charge in [-0.15, -0.1) is 0 Å². The van der Waals surface area contributed by atoms with E-state index in [2.05, 4.69) is 5.43 Å². The molecule has 0 saturated carbocycles. The van der Waals surface area contributed by atoms with Crippen molar-refractivity contribution in [3.05, 3.63) is 33.7 Å².